The fourth-order valence-electron chi connectivity index (χ4n) is 11.3. The van der Waals surface area contributed by atoms with Crippen molar-refractivity contribution in [2.24, 2.45) is 62.6 Å². The molecule has 5 rings (SSSR count). The van der Waals surface area contributed by atoms with Gasteiger partial charge in [0, 0.05) is 24.2 Å². The molecule has 10 atom stereocenters. The van der Waals surface area contributed by atoms with Crippen LogP contribution in [0, 0.1) is 62.6 Å². The number of ether oxygens (including phenoxy) is 1. The number of Topliss-reactive ketones (excluding diaryl/α,β-unsaturated/α-hetero) is 2. The van der Waals surface area contributed by atoms with Gasteiger partial charge in [-0.2, -0.15) is 0 Å². The third kappa shape index (κ3) is 2.95. The molecule has 5 fully saturated rings. The van der Waals surface area contributed by atoms with Crippen molar-refractivity contribution >= 4 is 17.5 Å². The zero-order valence-electron chi connectivity index (χ0n) is 23.5. The van der Waals surface area contributed by atoms with E-state index >= 15 is 0 Å². The molecule has 0 saturated heterocycles. The second-order valence-corrected chi connectivity index (χ2v) is 14.8. The molecule has 196 valence electrons. The summed E-state index contributed by atoms with van der Waals surface area (Å²) >= 11 is 0. The van der Waals surface area contributed by atoms with E-state index in [1.54, 1.807) is 0 Å². The second-order valence-electron chi connectivity index (χ2n) is 14.8. The Bertz CT molecular complexity index is 952. The van der Waals surface area contributed by atoms with Crippen LogP contribution in [0.3, 0.4) is 0 Å². The number of ketones is 2. The Labute approximate surface area is 212 Å². The van der Waals surface area contributed by atoms with E-state index in [9.17, 15) is 14.4 Å². The first-order valence-corrected chi connectivity index (χ1v) is 14.3. The molecule has 0 N–H and O–H groups in total. The van der Waals surface area contributed by atoms with E-state index in [4.69, 9.17) is 4.74 Å². The van der Waals surface area contributed by atoms with E-state index in [0.29, 0.717) is 48.1 Å². The van der Waals surface area contributed by atoms with Gasteiger partial charge in [0.1, 0.15) is 11.6 Å². The molecule has 0 bridgehead atoms. The van der Waals surface area contributed by atoms with E-state index in [2.05, 4.69) is 48.5 Å². The van der Waals surface area contributed by atoms with Crippen molar-refractivity contribution in [2.45, 2.75) is 106 Å². The number of carbonyl (C=O) groups is 3. The summed E-state index contributed by atoms with van der Waals surface area (Å²) in [5.41, 5.74) is -0.897. The van der Waals surface area contributed by atoms with Crippen molar-refractivity contribution < 1.29 is 19.1 Å². The summed E-state index contributed by atoms with van der Waals surface area (Å²) in [6.45, 7) is 16.2. The van der Waals surface area contributed by atoms with Gasteiger partial charge < -0.3 is 4.74 Å². The standard InChI is InChI=1S/C31H48O4/c1-18-9-14-31(26(34)35-8)16-15-30(7)25(24(31)19(18)2)20(32)17-22-28(5)12-11-23(33)27(3,4)21(28)10-13-29(22,30)6/h18-19,21-22,24-25H,9-17H2,1-8H3/t18-,19+,21+,22-,24+,25-,28+,29-,30-,31+/m1/s1. The van der Waals surface area contributed by atoms with Crippen molar-refractivity contribution in [1.82, 2.24) is 0 Å². The second kappa shape index (κ2) is 7.67. The number of methoxy groups -OCH3 is 1. The van der Waals surface area contributed by atoms with Gasteiger partial charge in [-0.05, 0) is 90.8 Å². The zero-order valence-corrected chi connectivity index (χ0v) is 23.5. The van der Waals surface area contributed by atoms with E-state index < -0.39 is 5.41 Å². The Kier molecular flexibility index (Phi) is 5.58. The van der Waals surface area contributed by atoms with Crippen LogP contribution >= 0.6 is 0 Å². The highest BCUT2D eigenvalue weighted by Crippen LogP contribution is 2.76. The molecule has 0 heterocycles. The van der Waals surface area contributed by atoms with E-state index in [1.807, 2.05) is 0 Å². The van der Waals surface area contributed by atoms with E-state index in [0.717, 1.165) is 44.9 Å². The molecule has 0 aromatic rings. The smallest absolute Gasteiger partial charge is 0.312 e. The minimum atomic E-state index is -0.510. The number of hydrogen-bond acceptors (Lipinski definition) is 4. The van der Waals surface area contributed by atoms with Crippen LogP contribution in [0.5, 0.6) is 0 Å². The first-order chi connectivity index (χ1) is 16.2. The highest BCUT2D eigenvalue weighted by atomic mass is 16.5. The van der Waals surface area contributed by atoms with E-state index in [-0.39, 0.29) is 39.5 Å². The summed E-state index contributed by atoms with van der Waals surface area (Å²) in [5.74, 6) is 2.19. The molecule has 0 spiro atoms. The average molecular weight is 485 g/mol. The maximum atomic E-state index is 14.4. The molecule has 0 unspecified atom stereocenters. The Hall–Kier alpha value is -1.19. The Morgan fingerprint density at radius 1 is 0.857 bits per heavy atom. The molecule has 5 aliphatic rings. The molecular formula is C31H48O4. The third-order valence-electron chi connectivity index (χ3n) is 13.7. The van der Waals surface area contributed by atoms with Crippen molar-refractivity contribution in [3.8, 4) is 0 Å². The summed E-state index contributed by atoms with van der Waals surface area (Å²) in [4.78, 5) is 40.8. The van der Waals surface area contributed by atoms with Crippen molar-refractivity contribution in [2.75, 3.05) is 7.11 Å². The average Bonchev–Trinajstić information content (AvgIpc) is 2.80. The molecule has 4 nitrogen and oxygen atoms in total. The molecule has 5 saturated carbocycles. The molecule has 0 aromatic carbocycles. The summed E-state index contributed by atoms with van der Waals surface area (Å²) in [7, 11) is 1.53. The summed E-state index contributed by atoms with van der Waals surface area (Å²) < 4.78 is 5.45. The first kappa shape index (κ1) is 25.5. The quantitative estimate of drug-likeness (QED) is 0.391. The zero-order chi connectivity index (χ0) is 25.8. The Balaban J connectivity index is 1.61. The lowest BCUT2D eigenvalue weighted by Gasteiger charge is -2.72. The topological polar surface area (TPSA) is 60.4 Å². The molecular weight excluding hydrogens is 436 g/mol. The van der Waals surface area contributed by atoms with Gasteiger partial charge in [0.2, 0.25) is 0 Å². The monoisotopic (exact) mass is 484 g/mol. The molecule has 0 aromatic heterocycles. The summed E-state index contributed by atoms with van der Waals surface area (Å²) in [6, 6.07) is 0. The molecule has 0 amide bonds. The lowest BCUT2D eigenvalue weighted by Crippen LogP contribution is -2.70. The minimum absolute atomic E-state index is 0.0103. The Morgan fingerprint density at radius 2 is 1.54 bits per heavy atom. The van der Waals surface area contributed by atoms with Gasteiger partial charge in [0.15, 0.2) is 0 Å². The fourth-order valence-corrected chi connectivity index (χ4v) is 11.3. The number of hydrogen-bond donors (Lipinski definition) is 0. The van der Waals surface area contributed by atoms with Crippen LogP contribution in [0.25, 0.3) is 0 Å². The van der Waals surface area contributed by atoms with Gasteiger partial charge in [-0.25, -0.2) is 0 Å². The maximum absolute atomic E-state index is 14.4. The van der Waals surface area contributed by atoms with Crippen LogP contribution in [0.2, 0.25) is 0 Å². The van der Waals surface area contributed by atoms with Gasteiger partial charge in [-0.3, -0.25) is 14.4 Å². The van der Waals surface area contributed by atoms with Gasteiger partial charge >= 0.3 is 5.97 Å². The minimum Gasteiger partial charge on any atom is -0.469 e. The predicted molar refractivity (Wildman–Crippen MR) is 136 cm³/mol. The van der Waals surface area contributed by atoms with Gasteiger partial charge in [0.25, 0.3) is 0 Å². The lowest BCUT2D eigenvalue weighted by molar-refractivity contribution is -0.239. The van der Waals surface area contributed by atoms with Crippen molar-refractivity contribution in [1.29, 1.82) is 0 Å². The third-order valence-corrected chi connectivity index (χ3v) is 13.7. The highest BCUT2D eigenvalue weighted by Gasteiger charge is 2.73. The maximum Gasteiger partial charge on any atom is 0.312 e. The fraction of sp³-hybridized carbons (Fsp3) is 0.903. The lowest BCUT2D eigenvalue weighted by atomic mass is 9.31. The molecule has 0 aliphatic heterocycles. The number of carbonyl (C=O) groups excluding carboxylic acids is 3. The van der Waals surface area contributed by atoms with Crippen LogP contribution in [0.1, 0.15) is 106 Å². The SMILES string of the molecule is COC(=O)[C@]12CC[C@@H](C)[C@H](C)[C@H]1[C@H]1C(=O)C[C@@H]3[C@@]4(C)CCC(=O)C(C)(C)[C@@H]4CC[C@@]3(C)[C@]1(C)CC2. The van der Waals surface area contributed by atoms with Crippen LogP contribution < -0.4 is 0 Å². The molecule has 35 heavy (non-hydrogen) atoms. The molecule has 5 aliphatic carbocycles. The van der Waals surface area contributed by atoms with Crippen LogP contribution in [-0.2, 0) is 19.1 Å². The predicted octanol–water partition coefficient (Wildman–Crippen LogP) is 6.65. The summed E-state index contributed by atoms with van der Waals surface area (Å²) in [6.07, 6.45) is 7.97. The normalized spacial score (nSPS) is 53.0. The summed E-state index contributed by atoms with van der Waals surface area (Å²) in [5, 5.41) is 0. The van der Waals surface area contributed by atoms with Gasteiger partial charge in [-0.1, -0.05) is 48.5 Å². The number of esters is 1. The van der Waals surface area contributed by atoms with Crippen molar-refractivity contribution in [3.05, 3.63) is 0 Å². The Morgan fingerprint density at radius 3 is 2.20 bits per heavy atom. The van der Waals surface area contributed by atoms with Crippen LogP contribution in [-0.4, -0.2) is 24.6 Å². The molecule has 4 heteroatoms. The first-order valence-electron chi connectivity index (χ1n) is 14.3. The number of fused-ring (bicyclic) bond motifs is 7. The molecule has 0 radical (unpaired) electrons. The van der Waals surface area contributed by atoms with Crippen LogP contribution in [0.15, 0.2) is 0 Å². The van der Waals surface area contributed by atoms with Crippen molar-refractivity contribution in [3.63, 3.8) is 0 Å². The van der Waals surface area contributed by atoms with Crippen LogP contribution in [0.4, 0.5) is 0 Å². The van der Waals surface area contributed by atoms with E-state index in [1.165, 1.54) is 7.11 Å². The van der Waals surface area contributed by atoms with Gasteiger partial charge in [-0.15, -0.1) is 0 Å². The van der Waals surface area contributed by atoms with Gasteiger partial charge in [0.05, 0.1) is 12.5 Å². The number of rotatable bonds is 1. The highest BCUT2D eigenvalue weighted by molar-refractivity contribution is 5.88. The largest absolute Gasteiger partial charge is 0.469 e.